The Morgan fingerprint density at radius 3 is 2.07 bits per heavy atom. The van der Waals surface area contributed by atoms with Crippen LogP contribution in [-0.4, -0.2) is 26.1 Å². The van der Waals surface area contributed by atoms with Gasteiger partial charge in [0.15, 0.2) is 11.6 Å². The third kappa shape index (κ3) is 2.57. The molecule has 0 amide bonds. The van der Waals surface area contributed by atoms with Gasteiger partial charge in [0.05, 0.1) is 11.0 Å². The maximum Gasteiger partial charge on any atom is 0.297 e. The van der Waals surface area contributed by atoms with E-state index in [0.29, 0.717) is 17.6 Å². The summed E-state index contributed by atoms with van der Waals surface area (Å²) in [6, 6.07) is 6.47. The minimum absolute atomic E-state index is 0.00784. The van der Waals surface area contributed by atoms with E-state index in [0.717, 1.165) is 12.0 Å². The van der Waals surface area contributed by atoms with Crippen LogP contribution in [0.1, 0.15) is 31.2 Å². The first-order valence-electron chi connectivity index (χ1n) is 9.28. The van der Waals surface area contributed by atoms with Crippen LogP contribution in [0.2, 0.25) is 0 Å². The third-order valence-electron chi connectivity index (χ3n) is 6.41. The van der Waals surface area contributed by atoms with Gasteiger partial charge in [0.25, 0.3) is 10.1 Å². The highest BCUT2D eigenvalue weighted by atomic mass is 32.2. The van der Waals surface area contributed by atoms with Crippen LogP contribution >= 0.6 is 0 Å². The van der Waals surface area contributed by atoms with Crippen molar-refractivity contribution in [2.75, 3.05) is 0 Å². The smallest absolute Gasteiger partial charge is 0.294 e. The zero-order valence-corrected chi connectivity index (χ0v) is 15.8. The molecule has 3 unspecified atom stereocenters. The van der Waals surface area contributed by atoms with E-state index in [2.05, 4.69) is 0 Å². The number of fused-ring (bicyclic) bond motifs is 4. The average Bonchev–Trinajstić information content (AvgIpc) is 2.97. The summed E-state index contributed by atoms with van der Waals surface area (Å²) in [5, 5.41) is 0. The van der Waals surface area contributed by atoms with Crippen molar-refractivity contribution in [3.63, 3.8) is 0 Å². The van der Waals surface area contributed by atoms with Gasteiger partial charge >= 0.3 is 0 Å². The van der Waals surface area contributed by atoms with Crippen LogP contribution in [0.25, 0.3) is 0 Å². The Morgan fingerprint density at radius 1 is 0.963 bits per heavy atom. The van der Waals surface area contributed by atoms with Gasteiger partial charge in [-0.05, 0) is 31.9 Å². The summed E-state index contributed by atoms with van der Waals surface area (Å²) in [6.45, 7) is 1.88. The van der Waals surface area contributed by atoms with Crippen LogP contribution in [0.3, 0.4) is 0 Å². The van der Waals surface area contributed by atoms with E-state index in [9.17, 15) is 18.0 Å². The molecule has 1 fully saturated rings. The maximum absolute atomic E-state index is 12.9. The number of rotatable bonds is 3. The molecule has 1 spiro atoms. The molecule has 0 radical (unpaired) electrons. The maximum atomic E-state index is 12.9. The lowest BCUT2D eigenvalue weighted by atomic mass is 9.91. The zero-order chi connectivity index (χ0) is 19.0. The minimum atomic E-state index is -3.91. The molecule has 0 aromatic heterocycles. The summed E-state index contributed by atoms with van der Waals surface area (Å²) in [4.78, 5) is 25.8. The summed E-state index contributed by atoms with van der Waals surface area (Å²) in [5.41, 5.74) is 1.64. The normalized spacial score (nSPS) is 34.3. The number of allylic oxidation sites excluding steroid dienone is 4. The average molecular weight is 384 g/mol. The molecular weight excluding hydrogens is 364 g/mol. The van der Waals surface area contributed by atoms with Gasteiger partial charge in [0.2, 0.25) is 0 Å². The summed E-state index contributed by atoms with van der Waals surface area (Å²) < 4.78 is 30.6. The predicted molar refractivity (Wildman–Crippen MR) is 97.3 cm³/mol. The van der Waals surface area contributed by atoms with Gasteiger partial charge < -0.3 is 0 Å². The van der Waals surface area contributed by atoms with Crippen molar-refractivity contribution in [2.24, 2.45) is 17.3 Å². The second kappa shape index (κ2) is 5.49. The van der Waals surface area contributed by atoms with Gasteiger partial charge in [-0.25, -0.2) is 0 Å². The molecule has 1 saturated carbocycles. The fourth-order valence-electron chi connectivity index (χ4n) is 4.86. The van der Waals surface area contributed by atoms with Crippen LogP contribution in [0, 0.1) is 24.2 Å². The molecule has 1 aromatic rings. The Balaban J connectivity index is 1.37. The monoisotopic (exact) mass is 384 g/mol. The molecule has 4 aliphatic rings. The number of ketones is 2. The molecule has 0 saturated heterocycles. The van der Waals surface area contributed by atoms with Gasteiger partial charge in [-0.1, -0.05) is 29.8 Å². The molecule has 0 aliphatic heterocycles. The number of carbonyl (C=O) groups is 2. The first kappa shape index (κ1) is 17.1. The molecule has 5 nitrogen and oxygen atoms in total. The lowest BCUT2D eigenvalue weighted by Gasteiger charge is -2.15. The van der Waals surface area contributed by atoms with E-state index in [1.807, 2.05) is 19.1 Å². The van der Waals surface area contributed by atoms with Crippen LogP contribution < -0.4 is 0 Å². The first-order valence-corrected chi connectivity index (χ1v) is 10.7. The van der Waals surface area contributed by atoms with Crippen molar-refractivity contribution in [2.45, 2.75) is 43.6 Å². The van der Waals surface area contributed by atoms with Gasteiger partial charge in [-0.2, -0.15) is 8.42 Å². The van der Waals surface area contributed by atoms with Gasteiger partial charge in [-0.3, -0.25) is 13.8 Å². The third-order valence-corrected chi connectivity index (χ3v) is 7.74. The topological polar surface area (TPSA) is 77.5 Å². The van der Waals surface area contributed by atoms with Crippen molar-refractivity contribution in [1.29, 1.82) is 0 Å². The zero-order valence-electron chi connectivity index (χ0n) is 15.0. The molecule has 27 heavy (non-hydrogen) atoms. The Morgan fingerprint density at radius 2 is 1.52 bits per heavy atom. The Bertz CT molecular complexity index is 993. The van der Waals surface area contributed by atoms with Crippen LogP contribution in [-0.2, 0) is 23.9 Å². The van der Waals surface area contributed by atoms with E-state index in [4.69, 9.17) is 4.18 Å². The van der Waals surface area contributed by atoms with E-state index in [1.54, 1.807) is 12.1 Å². The molecule has 0 N–H and O–H groups in total. The summed E-state index contributed by atoms with van der Waals surface area (Å²) >= 11 is 0. The largest absolute Gasteiger partial charge is 0.297 e. The molecular formula is C21H20O5S. The molecule has 5 rings (SSSR count). The fraction of sp³-hybridized carbons (Fsp3) is 0.429. The predicted octanol–water partition coefficient (Wildman–Crippen LogP) is 2.89. The minimum Gasteiger partial charge on any atom is -0.294 e. The molecule has 3 atom stereocenters. The molecule has 4 aliphatic carbocycles. The van der Waals surface area contributed by atoms with Gasteiger partial charge in [0, 0.05) is 41.2 Å². The SMILES string of the molecule is Cc1ccc(S(=O)(=O)OC2CC23CC(=O)C2=C(C(=O)C3)C3C=CC2C3)cc1. The molecule has 140 valence electrons. The first-order chi connectivity index (χ1) is 12.8. The van der Waals surface area contributed by atoms with Gasteiger partial charge in [0.1, 0.15) is 0 Å². The summed E-state index contributed by atoms with van der Waals surface area (Å²) in [5.74, 6) is 0.107. The lowest BCUT2D eigenvalue weighted by Crippen LogP contribution is -2.20. The molecule has 0 heterocycles. The van der Waals surface area contributed by atoms with Crippen molar-refractivity contribution >= 4 is 21.7 Å². The number of hydrogen-bond acceptors (Lipinski definition) is 5. The van der Waals surface area contributed by atoms with Crippen molar-refractivity contribution in [1.82, 2.24) is 0 Å². The van der Waals surface area contributed by atoms with Crippen LogP contribution in [0.5, 0.6) is 0 Å². The van der Waals surface area contributed by atoms with E-state index < -0.39 is 21.6 Å². The number of Topliss-reactive ketones (excluding diaryl/α,β-unsaturated/α-hetero) is 2. The van der Waals surface area contributed by atoms with E-state index in [-0.39, 0.29) is 41.1 Å². The Hall–Kier alpha value is -2.05. The number of hydrogen-bond donors (Lipinski definition) is 0. The second-order valence-electron chi connectivity index (χ2n) is 8.28. The van der Waals surface area contributed by atoms with Crippen LogP contribution in [0.15, 0.2) is 52.5 Å². The van der Waals surface area contributed by atoms with E-state index in [1.165, 1.54) is 12.1 Å². The standard InChI is InChI=1S/C21H20O5S/c1-12-2-6-15(7-3-12)27(24,25)26-18-11-21(18)9-16(22)19-13-4-5-14(8-13)20(19)17(23)10-21/h2-7,13-14,18H,8-11H2,1H3. The summed E-state index contributed by atoms with van der Waals surface area (Å²) in [7, 11) is -3.91. The highest BCUT2D eigenvalue weighted by molar-refractivity contribution is 7.86. The fourth-order valence-corrected chi connectivity index (χ4v) is 6.02. The highest BCUT2D eigenvalue weighted by Gasteiger charge is 2.62. The Kier molecular flexibility index (Phi) is 3.47. The van der Waals surface area contributed by atoms with Crippen molar-refractivity contribution in [3.05, 3.63) is 53.1 Å². The van der Waals surface area contributed by atoms with Crippen LogP contribution in [0.4, 0.5) is 0 Å². The summed E-state index contributed by atoms with van der Waals surface area (Å²) in [6.07, 6.45) is 5.09. The molecule has 2 bridgehead atoms. The van der Waals surface area contributed by atoms with Gasteiger partial charge in [-0.15, -0.1) is 0 Å². The number of carbonyl (C=O) groups excluding carboxylic acids is 2. The lowest BCUT2D eigenvalue weighted by molar-refractivity contribution is -0.117. The highest BCUT2D eigenvalue weighted by Crippen LogP contribution is 2.59. The van der Waals surface area contributed by atoms with E-state index >= 15 is 0 Å². The quantitative estimate of drug-likeness (QED) is 0.592. The number of aryl methyl sites for hydroxylation is 1. The number of benzene rings is 1. The molecule has 1 aromatic carbocycles. The molecule has 6 heteroatoms. The Labute approximate surface area is 158 Å². The van der Waals surface area contributed by atoms with Crippen molar-refractivity contribution < 1.29 is 22.2 Å². The second-order valence-corrected chi connectivity index (χ2v) is 9.85. The van der Waals surface area contributed by atoms with Crippen molar-refractivity contribution in [3.8, 4) is 0 Å².